The number of pyridine rings is 1. The third-order valence-corrected chi connectivity index (χ3v) is 4.83. The summed E-state index contributed by atoms with van der Waals surface area (Å²) < 4.78 is 3.59. The monoisotopic (exact) mass is 405 g/mol. The Morgan fingerprint density at radius 3 is 2.72 bits per heavy atom. The number of aryl methyl sites for hydroxylation is 1. The van der Waals surface area contributed by atoms with Crippen LogP contribution in [-0.2, 0) is 13.5 Å². The van der Waals surface area contributed by atoms with Crippen LogP contribution in [0.15, 0.2) is 73.1 Å². The summed E-state index contributed by atoms with van der Waals surface area (Å²) in [7, 11) is 1.94. The summed E-state index contributed by atoms with van der Waals surface area (Å²) >= 11 is 6.16. The van der Waals surface area contributed by atoms with Gasteiger partial charge in [0.05, 0.1) is 11.4 Å². The van der Waals surface area contributed by atoms with Crippen LogP contribution in [0.5, 0.6) is 0 Å². The molecule has 0 unspecified atom stereocenters. The molecule has 4 aromatic rings. The van der Waals surface area contributed by atoms with Crippen molar-refractivity contribution in [2.45, 2.75) is 6.42 Å². The molecule has 1 aromatic carbocycles. The average molecular weight is 406 g/mol. The summed E-state index contributed by atoms with van der Waals surface area (Å²) in [6.07, 6.45) is 4.35. The van der Waals surface area contributed by atoms with Crippen LogP contribution in [0.25, 0.3) is 17.1 Å². The number of carbonyl (C=O) groups excluding carboxylic acids is 1. The molecular weight excluding hydrogens is 386 g/mol. The molecule has 3 heterocycles. The van der Waals surface area contributed by atoms with Gasteiger partial charge < -0.3 is 9.88 Å². The van der Waals surface area contributed by atoms with Gasteiger partial charge in [-0.05, 0) is 48.5 Å². The number of rotatable bonds is 6. The lowest BCUT2D eigenvalue weighted by molar-refractivity contribution is 0.0946. The lowest BCUT2D eigenvalue weighted by Gasteiger charge is -2.08. The van der Waals surface area contributed by atoms with Gasteiger partial charge in [0.25, 0.3) is 5.91 Å². The van der Waals surface area contributed by atoms with Crippen molar-refractivity contribution in [2.24, 2.45) is 7.05 Å². The van der Waals surface area contributed by atoms with Crippen molar-refractivity contribution in [3.8, 4) is 17.1 Å². The molecule has 0 atom stereocenters. The van der Waals surface area contributed by atoms with E-state index in [4.69, 9.17) is 11.6 Å². The molecule has 4 rings (SSSR count). The second-order valence-corrected chi connectivity index (χ2v) is 7.07. The normalized spacial score (nSPS) is 10.8. The highest BCUT2D eigenvalue weighted by Crippen LogP contribution is 2.23. The maximum absolute atomic E-state index is 12.9. The molecule has 0 bridgehead atoms. The maximum Gasteiger partial charge on any atom is 0.270 e. The lowest BCUT2D eigenvalue weighted by atomic mass is 10.2. The number of aromatic nitrogens is 4. The molecule has 0 radical (unpaired) electrons. The highest BCUT2D eigenvalue weighted by molar-refractivity contribution is 6.30. The number of benzene rings is 1. The molecular formula is C22H20ClN5O. The first kappa shape index (κ1) is 19.0. The Balaban J connectivity index is 1.62. The Labute approximate surface area is 173 Å². The van der Waals surface area contributed by atoms with Gasteiger partial charge in [-0.25, -0.2) is 4.68 Å². The van der Waals surface area contributed by atoms with Crippen LogP contribution < -0.4 is 5.32 Å². The Hall–Kier alpha value is -3.38. The smallest absolute Gasteiger partial charge is 0.270 e. The number of nitrogens with zero attached hydrogens (tertiary/aromatic N) is 4. The highest BCUT2D eigenvalue weighted by atomic mass is 35.5. The largest absolute Gasteiger partial charge is 0.350 e. The third-order valence-electron chi connectivity index (χ3n) is 4.59. The summed E-state index contributed by atoms with van der Waals surface area (Å²) in [6, 6.07) is 18.7. The molecule has 0 aliphatic heterocycles. The lowest BCUT2D eigenvalue weighted by Crippen LogP contribution is -2.28. The number of halogens is 1. The van der Waals surface area contributed by atoms with Crippen LogP contribution in [0.2, 0.25) is 5.02 Å². The molecule has 1 amide bonds. The second kappa shape index (κ2) is 8.32. The minimum absolute atomic E-state index is 0.200. The Morgan fingerprint density at radius 2 is 2.00 bits per heavy atom. The molecule has 0 fully saturated rings. The van der Waals surface area contributed by atoms with Crippen molar-refractivity contribution in [1.29, 1.82) is 0 Å². The number of hydrogen-bond donors (Lipinski definition) is 1. The summed E-state index contributed by atoms with van der Waals surface area (Å²) in [6.45, 7) is 0.482. The van der Waals surface area contributed by atoms with Crippen LogP contribution >= 0.6 is 11.6 Å². The van der Waals surface area contributed by atoms with E-state index in [1.807, 2.05) is 60.3 Å². The molecule has 7 heteroatoms. The first-order chi connectivity index (χ1) is 14.1. The fourth-order valence-electron chi connectivity index (χ4n) is 3.14. The van der Waals surface area contributed by atoms with E-state index in [9.17, 15) is 4.79 Å². The summed E-state index contributed by atoms with van der Waals surface area (Å²) in [5.41, 5.74) is 3.75. The number of amides is 1. The van der Waals surface area contributed by atoms with Gasteiger partial charge in [0, 0.05) is 43.1 Å². The molecule has 0 saturated heterocycles. The van der Waals surface area contributed by atoms with Gasteiger partial charge in [-0.3, -0.25) is 9.78 Å². The van der Waals surface area contributed by atoms with Crippen molar-refractivity contribution in [1.82, 2.24) is 24.6 Å². The van der Waals surface area contributed by atoms with Gasteiger partial charge in [0.1, 0.15) is 11.4 Å². The highest BCUT2D eigenvalue weighted by Gasteiger charge is 2.18. The van der Waals surface area contributed by atoms with E-state index in [0.29, 0.717) is 29.4 Å². The van der Waals surface area contributed by atoms with Crippen molar-refractivity contribution in [3.63, 3.8) is 0 Å². The third kappa shape index (κ3) is 4.22. The van der Waals surface area contributed by atoms with Crippen molar-refractivity contribution < 1.29 is 4.79 Å². The average Bonchev–Trinajstić information content (AvgIpc) is 3.35. The summed E-state index contributed by atoms with van der Waals surface area (Å²) in [5.74, 6) is -0.200. The summed E-state index contributed by atoms with van der Waals surface area (Å²) in [5, 5.41) is 8.23. The van der Waals surface area contributed by atoms with Gasteiger partial charge in [-0.15, -0.1) is 0 Å². The fourth-order valence-corrected chi connectivity index (χ4v) is 3.33. The van der Waals surface area contributed by atoms with Gasteiger partial charge in [-0.2, -0.15) is 5.10 Å². The van der Waals surface area contributed by atoms with Crippen LogP contribution in [0.3, 0.4) is 0 Å². The molecule has 0 aliphatic carbocycles. The van der Waals surface area contributed by atoms with E-state index in [-0.39, 0.29) is 5.91 Å². The standard InChI is InChI=1S/C22H20ClN5O/c1-27-13-5-9-20(27)19-15-21(28(26-19)18-8-4-6-16(23)14-18)22(29)25-12-10-17-7-2-3-11-24-17/h2-9,11,13-15H,10,12H2,1H3,(H,25,29). The molecule has 146 valence electrons. The SMILES string of the molecule is Cn1cccc1-c1cc(C(=O)NCCc2ccccn2)n(-c2cccc(Cl)c2)n1. The van der Waals surface area contributed by atoms with Crippen LogP contribution in [0.1, 0.15) is 16.2 Å². The van der Waals surface area contributed by atoms with Gasteiger partial charge >= 0.3 is 0 Å². The molecule has 3 aromatic heterocycles. The number of hydrogen-bond acceptors (Lipinski definition) is 3. The van der Waals surface area contributed by atoms with Gasteiger partial charge in [0.15, 0.2) is 0 Å². The second-order valence-electron chi connectivity index (χ2n) is 6.64. The first-order valence-electron chi connectivity index (χ1n) is 9.27. The minimum Gasteiger partial charge on any atom is -0.350 e. The Morgan fingerprint density at radius 1 is 1.10 bits per heavy atom. The Bertz CT molecular complexity index is 1130. The molecule has 0 aliphatic rings. The van der Waals surface area contributed by atoms with Gasteiger partial charge in [-0.1, -0.05) is 23.7 Å². The Kier molecular flexibility index (Phi) is 5.44. The molecule has 0 saturated carbocycles. The van der Waals surface area contributed by atoms with Crippen LogP contribution in [0.4, 0.5) is 0 Å². The van der Waals surface area contributed by atoms with E-state index in [1.54, 1.807) is 29.1 Å². The van der Waals surface area contributed by atoms with Crippen molar-refractivity contribution >= 4 is 17.5 Å². The van der Waals surface area contributed by atoms with E-state index in [0.717, 1.165) is 17.1 Å². The van der Waals surface area contributed by atoms with E-state index >= 15 is 0 Å². The predicted octanol–water partition coefficient (Wildman–Crippen LogP) is 3.90. The summed E-state index contributed by atoms with van der Waals surface area (Å²) in [4.78, 5) is 17.2. The van der Waals surface area contributed by atoms with Crippen LogP contribution in [0, 0.1) is 0 Å². The van der Waals surface area contributed by atoms with Crippen molar-refractivity contribution in [2.75, 3.05) is 6.54 Å². The zero-order valence-electron chi connectivity index (χ0n) is 15.9. The van der Waals surface area contributed by atoms with Gasteiger partial charge in [0.2, 0.25) is 0 Å². The van der Waals surface area contributed by atoms with Crippen molar-refractivity contribution in [3.05, 3.63) is 89.5 Å². The maximum atomic E-state index is 12.9. The molecule has 6 nitrogen and oxygen atoms in total. The van der Waals surface area contributed by atoms with E-state index in [1.165, 1.54) is 0 Å². The van der Waals surface area contributed by atoms with E-state index in [2.05, 4.69) is 15.4 Å². The number of carbonyl (C=O) groups is 1. The minimum atomic E-state index is -0.200. The van der Waals surface area contributed by atoms with Crippen LogP contribution in [-0.4, -0.2) is 31.8 Å². The molecule has 1 N–H and O–H groups in total. The predicted molar refractivity (Wildman–Crippen MR) is 113 cm³/mol. The van der Waals surface area contributed by atoms with E-state index < -0.39 is 0 Å². The number of nitrogens with one attached hydrogen (secondary N) is 1. The zero-order chi connectivity index (χ0) is 20.2. The topological polar surface area (TPSA) is 64.7 Å². The first-order valence-corrected chi connectivity index (χ1v) is 9.65. The fraction of sp³-hybridized carbons (Fsp3) is 0.136. The quantitative estimate of drug-likeness (QED) is 0.529. The molecule has 0 spiro atoms. The molecule has 29 heavy (non-hydrogen) atoms. The zero-order valence-corrected chi connectivity index (χ0v) is 16.7.